The smallest absolute Gasteiger partial charge is 0.234 e. The molecule has 0 radical (unpaired) electrons. The van der Waals surface area contributed by atoms with Gasteiger partial charge in [-0.3, -0.25) is 4.79 Å². The van der Waals surface area contributed by atoms with Gasteiger partial charge in [-0.2, -0.15) is 0 Å². The zero-order chi connectivity index (χ0) is 13.4. The number of carbonyl (C=O) groups is 1. The fourth-order valence-corrected chi connectivity index (χ4v) is 1.59. The van der Waals surface area contributed by atoms with Crippen molar-refractivity contribution in [1.29, 1.82) is 0 Å². The van der Waals surface area contributed by atoms with Gasteiger partial charge in [-0.05, 0) is 32.0 Å². The van der Waals surface area contributed by atoms with E-state index in [-0.39, 0.29) is 11.9 Å². The van der Waals surface area contributed by atoms with Crippen molar-refractivity contribution in [2.24, 2.45) is 5.73 Å². The van der Waals surface area contributed by atoms with Gasteiger partial charge in [-0.25, -0.2) is 0 Å². The summed E-state index contributed by atoms with van der Waals surface area (Å²) in [5, 5.41) is 3.11. The fraction of sp³-hybridized carbons (Fsp3) is 0.500. The number of nitrogens with one attached hydrogen (secondary N) is 1. The predicted molar refractivity (Wildman–Crippen MR) is 72.6 cm³/mol. The lowest BCUT2D eigenvalue weighted by molar-refractivity contribution is -0.120. The van der Waals surface area contributed by atoms with Crippen LogP contribution in [-0.4, -0.2) is 25.1 Å². The minimum absolute atomic E-state index is 0.310. The summed E-state index contributed by atoms with van der Waals surface area (Å²) in [7, 11) is 0. The van der Waals surface area contributed by atoms with Crippen molar-refractivity contribution in [1.82, 2.24) is 5.32 Å². The highest BCUT2D eigenvalue weighted by molar-refractivity contribution is 5.79. The summed E-state index contributed by atoms with van der Waals surface area (Å²) in [6.45, 7) is 5.35. The predicted octanol–water partition coefficient (Wildman–Crippen LogP) is 1.62. The minimum Gasteiger partial charge on any atom is -0.494 e. The summed E-state index contributed by atoms with van der Waals surface area (Å²) in [4.78, 5) is 11.2. The first kappa shape index (κ1) is 14.5. The number of primary amides is 1. The van der Waals surface area contributed by atoms with Crippen molar-refractivity contribution in [2.75, 3.05) is 13.2 Å². The van der Waals surface area contributed by atoms with E-state index in [1.165, 1.54) is 5.56 Å². The molecule has 0 aromatic heterocycles. The Labute approximate surface area is 109 Å². The van der Waals surface area contributed by atoms with Crippen LogP contribution in [0, 0.1) is 6.92 Å². The summed E-state index contributed by atoms with van der Waals surface area (Å²) >= 11 is 0. The van der Waals surface area contributed by atoms with Crippen LogP contribution in [0.5, 0.6) is 5.75 Å². The lowest BCUT2D eigenvalue weighted by Crippen LogP contribution is -2.42. The number of rotatable bonds is 8. The normalized spacial score (nSPS) is 12.1. The molecular formula is C14H22N2O2. The first-order valence-corrected chi connectivity index (χ1v) is 6.35. The van der Waals surface area contributed by atoms with Crippen molar-refractivity contribution in [3.63, 3.8) is 0 Å². The highest BCUT2D eigenvalue weighted by atomic mass is 16.5. The van der Waals surface area contributed by atoms with Crippen molar-refractivity contribution < 1.29 is 9.53 Å². The number of hydrogen-bond donors (Lipinski definition) is 2. The Balaban J connectivity index is 2.34. The molecule has 0 saturated heterocycles. The van der Waals surface area contributed by atoms with E-state index < -0.39 is 0 Å². The molecule has 1 aromatic carbocycles. The van der Waals surface area contributed by atoms with Gasteiger partial charge in [-0.15, -0.1) is 0 Å². The highest BCUT2D eigenvalue weighted by Crippen LogP contribution is 2.11. The molecule has 100 valence electrons. The zero-order valence-corrected chi connectivity index (χ0v) is 11.1. The molecule has 0 fully saturated rings. The number of hydrogen-bond acceptors (Lipinski definition) is 3. The fourth-order valence-electron chi connectivity index (χ4n) is 1.59. The Hall–Kier alpha value is -1.55. The monoisotopic (exact) mass is 250 g/mol. The zero-order valence-electron chi connectivity index (χ0n) is 11.1. The van der Waals surface area contributed by atoms with Gasteiger partial charge in [0, 0.05) is 6.42 Å². The van der Waals surface area contributed by atoms with Crippen LogP contribution in [0.25, 0.3) is 0 Å². The second-order valence-electron chi connectivity index (χ2n) is 4.36. The molecule has 0 heterocycles. The average molecular weight is 250 g/mol. The van der Waals surface area contributed by atoms with Crippen LogP contribution in [0.2, 0.25) is 0 Å². The van der Waals surface area contributed by atoms with Gasteiger partial charge in [0.25, 0.3) is 0 Å². The quantitative estimate of drug-likeness (QED) is 0.737. The molecule has 3 N–H and O–H groups in total. The van der Waals surface area contributed by atoms with E-state index in [9.17, 15) is 4.79 Å². The van der Waals surface area contributed by atoms with Crippen LogP contribution >= 0.6 is 0 Å². The van der Waals surface area contributed by atoms with E-state index in [2.05, 4.69) is 5.32 Å². The Morgan fingerprint density at radius 3 is 2.61 bits per heavy atom. The van der Waals surface area contributed by atoms with Gasteiger partial charge in [0.05, 0.1) is 12.6 Å². The number of aryl methyl sites for hydroxylation is 1. The lowest BCUT2D eigenvalue weighted by Gasteiger charge is -2.15. The molecule has 1 aromatic rings. The molecule has 4 nitrogen and oxygen atoms in total. The van der Waals surface area contributed by atoms with Gasteiger partial charge >= 0.3 is 0 Å². The summed E-state index contributed by atoms with van der Waals surface area (Å²) in [6.07, 6.45) is 1.56. The molecule has 0 spiro atoms. The maximum atomic E-state index is 11.2. The standard InChI is InChI=1S/C14H22N2O2/c1-3-9-16-13(14(15)17)8-10-18-12-6-4-11(2)5-7-12/h4-7,13,16H,3,8-10H2,1-2H3,(H2,15,17). The van der Waals surface area contributed by atoms with E-state index in [1.807, 2.05) is 38.1 Å². The van der Waals surface area contributed by atoms with E-state index in [4.69, 9.17) is 10.5 Å². The van der Waals surface area contributed by atoms with E-state index in [1.54, 1.807) is 0 Å². The number of benzene rings is 1. The molecule has 0 aliphatic carbocycles. The van der Waals surface area contributed by atoms with Crippen molar-refractivity contribution >= 4 is 5.91 Å². The van der Waals surface area contributed by atoms with Crippen molar-refractivity contribution in [3.05, 3.63) is 29.8 Å². The molecule has 1 atom stereocenters. The first-order chi connectivity index (χ1) is 8.63. The maximum Gasteiger partial charge on any atom is 0.234 e. The minimum atomic E-state index is -0.323. The van der Waals surface area contributed by atoms with Gasteiger partial charge in [0.2, 0.25) is 5.91 Å². The van der Waals surface area contributed by atoms with E-state index in [0.717, 1.165) is 18.7 Å². The summed E-state index contributed by atoms with van der Waals surface area (Å²) < 4.78 is 5.57. The second-order valence-corrected chi connectivity index (χ2v) is 4.36. The van der Waals surface area contributed by atoms with Gasteiger partial charge in [-0.1, -0.05) is 24.6 Å². The van der Waals surface area contributed by atoms with Crippen LogP contribution in [0.3, 0.4) is 0 Å². The lowest BCUT2D eigenvalue weighted by atomic mass is 10.2. The summed E-state index contributed by atoms with van der Waals surface area (Å²) in [5.41, 5.74) is 6.52. The number of ether oxygens (including phenoxy) is 1. The largest absolute Gasteiger partial charge is 0.494 e. The Kier molecular flexibility index (Phi) is 6.22. The maximum absolute atomic E-state index is 11.2. The van der Waals surface area contributed by atoms with E-state index in [0.29, 0.717) is 13.0 Å². The molecule has 0 bridgehead atoms. The van der Waals surface area contributed by atoms with Gasteiger partial charge in [0.15, 0.2) is 0 Å². The van der Waals surface area contributed by atoms with E-state index >= 15 is 0 Å². The third kappa shape index (κ3) is 5.19. The SMILES string of the molecule is CCCNC(CCOc1ccc(C)cc1)C(N)=O. The molecule has 0 aliphatic rings. The third-order valence-electron chi connectivity index (χ3n) is 2.68. The topological polar surface area (TPSA) is 64.3 Å². The van der Waals surface area contributed by atoms with Crippen molar-refractivity contribution in [2.45, 2.75) is 32.7 Å². The van der Waals surface area contributed by atoms with Crippen LogP contribution in [0.15, 0.2) is 24.3 Å². The molecular weight excluding hydrogens is 228 g/mol. The highest BCUT2D eigenvalue weighted by Gasteiger charge is 2.13. The third-order valence-corrected chi connectivity index (χ3v) is 2.68. The number of amides is 1. The van der Waals surface area contributed by atoms with Gasteiger partial charge in [0.1, 0.15) is 5.75 Å². The molecule has 4 heteroatoms. The molecule has 1 amide bonds. The van der Waals surface area contributed by atoms with Crippen LogP contribution in [0.4, 0.5) is 0 Å². The Morgan fingerprint density at radius 2 is 2.06 bits per heavy atom. The van der Waals surface area contributed by atoms with Crippen LogP contribution in [-0.2, 0) is 4.79 Å². The molecule has 0 saturated carbocycles. The molecule has 1 unspecified atom stereocenters. The molecule has 18 heavy (non-hydrogen) atoms. The van der Waals surface area contributed by atoms with Crippen LogP contribution in [0.1, 0.15) is 25.3 Å². The average Bonchev–Trinajstić information content (AvgIpc) is 2.35. The summed E-state index contributed by atoms with van der Waals surface area (Å²) in [5.74, 6) is 0.496. The number of carbonyl (C=O) groups excluding carboxylic acids is 1. The number of nitrogens with two attached hydrogens (primary N) is 1. The molecule has 0 aliphatic heterocycles. The Bertz CT molecular complexity index is 363. The van der Waals surface area contributed by atoms with Crippen LogP contribution < -0.4 is 15.8 Å². The second kappa shape index (κ2) is 7.71. The Morgan fingerprint density at radius 1 is 1.39 bits per heavy atom. The summed E-state index contributed by atoms with van der Waals surface area (Å²) in [6, 6.07) is 7.53. The molecule has 1 rings (SSSR count). The van der Waals surface area contributed by atoms with Crippen molar-refractivity contribution in [3.8, 4) is 5.75 Å². The van der Waals surface area contributed by atoms with Gasteiger partial charge < -0.3 is 15.8 Å². The first-order valence-electron chi connectivity index (χ1n) is 6.35.